The molecule has 0 aromatic heterocycles. The van der Waals surface area contributed by atoms with Gasteiger partial charge < -0.3 is 19.9 Å². The summed E-state index contributed by atoms with van der Waals surface area (Å²) < 4.78 is 10.6. The van der Waals surface area contributed by atoms with Crippen molar-refractivity contribution in [1.29, 1.82) is 0 Å². The number of amides is 1. The van der Waals surface area contributed by atoms with E-state index in [0.29, 0.717) is 42.0 Å². The highest BCUT2D eigenvalue weighted by atomic mass is 16.5. The lowest BCUT2D eigenvalue weighted by Gasteiger charge is -2.12. The van der Waals surface area contributed by atoms with Crippen molar-refractivity contribution in [2.75, 3.05) is 19.5 Å². The van der Waals surface area contributed by atoms with Crippen molar-refractivity contribution in [2.24, 2.45) is 0 Å². The monoisotopic (exact) mass is 367 g/mol. The number of hydrogen-bond acceptors (Lipinski definition) is 4. The van der Waals surface area contributed by atoms with Crippen LogP contribution in [0.15, 0.2) is 53.6 Å². The van der Waals surface area contributed by atoms with Gasteiger partial charge in [-0.3, -0.25) is 4.79 Å². The number of carbonyl (C=O) groups is 2. The molecule has 1 amide bonds. The summed E-state index contributed by atoms with van der Waals surface area (Å²) in [5.74, 6) is 0.0335. The van der Waals surface area contributed by atoms with Crippen LogP contribution in [-0.4, -0.2) is 31.2 Å². The van der Waals surface area contributed by atoms with E-state index in [-0.39, 0.29) is 11.5 Å². The van der Waals surface area contributed by atoms with Crippen LogP contribution < -0.4 is 14.8 Å². The van der Waals surface area contributed by atoms with E-state index in [1.807, 2.05) is 30.3 Å². The minimum atomic E-state index is -1.01. The Morgan fingerprint density at radius 3 is 2.30 bits per heavy atom. The maximum absolute atomic E-state index is 12.4. The Balaban J connectivity index is 1.79. The van der Waals surface area contributed by atoms with Gasteiger partial charge in [-0.2, -0.15) is 0 Å². The third-order valence-corrected chi connectivity index (χ3v) is 4.61. The first-order chi connectivity index (χ1) is 13.0. The van der Waals surface area contributed by atoms with E-state index >= 15 is 0 Å². The zero-order chi connectivity index (χ0) is 19.4. The van der Waals surface area contributed by atoms with Gasteiger partial charge in [0.25, 0.3) is 5.91 Å². The van der Waals surface area contributed by atoms with E-state index in [1.54, 1.807) is 26.4 Å². The van der Waals surface area contributed by atoms with Crippen LogP contribution in [0.2, 0.25) is 0 Å². The number of rotatable bonds is 6. The molecule has 1 aliphatic rings. The van der Waals surface area contributed by atoms with Gasteiger partial charge in [-0.1, -0.05) is 12.1 Å². The number of anilines is 1. The van der Waals surface area contributed by atoms with Crippen molar-refractivity contribution in [3.05, 3.63) is 53.6 Å². The summed E-state index contributed by atoms with van der Waals surface area (Å²) in [5.41, 5.74) is 3.03. The molecule has 3 rings (SSSR count). The SMILES string of the molecule is COc1ccc(-c2ccc(NC(=O)C3=C(C(=O)O)CCC3)cc2)c(OC)c1. The Labute approximate surface area is 157 Å². The third kappa shape index (κ3) is 3.95. The lowest BCUT2D eigenvalue weighted by atomic mass is 10.0. The average Bonchev–Trinajstić information content (AvgIpc) is 3.18. The number of methoxy groups -OCH3 is 2. The molecule has 2 N–H and O–H groups in total. The number of nitrogens with one attached hydrogen (secondary N) is 1. The second-order valence-corrected chi connectivity index (χ2v) is 6.21. The molecule has 0 saturated heterocycles. The van der Waals surface area contributed by atoms with Gasteiger partial charge in [-0.05, 0) is 49.1 Å². The molecule has 2 aromatic rings. The van der Waals surface area contributed by atoms with E-state index in [4.69, 9.17) is 9.47 Å². The summed E-state index contributed by atoms with van der Waals surface area (Å²) in [5, 5.41) is 12.0. The van der Waals surface area contributed by atoms with Crippen molar-refractivity contribution in [3.8, 4) is 22.6 Å². The molecule has 6 heteroatoms. The summed E-state index contributed by atoms with van der Waals surface area (Å²) in [7, 11) is 3.20. The predicted molar refractivity (Wildman–Crippen MR) is 102 cm³/mol. The van der Waals surface area contributed by atoms with Crippen LogP contribution in [0, 0.1) is 0 Å². The Morgan fingerprint density at radius 1 is 0.963 bits per heavy atom. The van der Waals surface area contributed by atoms with Crippen LogP contribution in [-0.2, 0) is 9.59 Å². The molecule has 2 aromatic carbocycles. The van der Waals surface area contributed by atoms with Crippen molar-refractivity contribution in [3.63, 3.8) is 0 Å². The summed E-state index contributed by atoms with van der Waals surface area (Å²) in [4.78, 5) is 23.6. The lowest BCUT2D eigenvalue weighted by Crippen LogP contribution is -2.16. The predicted octanol–water partition coefficient (Wildman–Crippen LogP) is 3.87. The highest BCUT2D eigenvalue weighted by molar-refractivity contribution is 6.09. The van der Waals surface area contributed by atoms with E-state index in [0.717, 1.165) is 11.1 Å². The summed E-state index contributed by atoms with van der Waals surface area (Å²) >= 11 is 0. The van der Waals surface area contributed by atoms with Gasteiger partial charge in [0.2, 0.25) is 0 Å². The molecule has 0 heterocycles. The maximum atomic E-state index is 12.4. The number of carboxylic acid groups (broad SMARTS) is 1. The fourth-order valence-electron chi connectivity index (χ4n) is 3.21. The van der Waals surface area contributed by atoms with E-state index < -0.39 is 5.97 Å². The van der Waals surface area contributed by atoms with Crippen LogP contribution in [0.25, 0.3) is 11.1 Å². The zero-order valence-corrected chi connectivity index (χ0v) is 15.2. The average molecular weight is 367 g/mol. The first-order valence-electron chi connectivity index (χ1n) is 8.62. The lowest BCUT2D eigenvalue weighted by molar-refractivity contribution is -0.133. The van der Waals surface area contributed by atoms with Crippen LogP contribution in [0.1, 0.15) is 19.3 Å². The first-order valence-corrected chi connectivity index (χ1v) is 8.62. The second kappa shape index (κ2) is 7.95. The van der Waals surface area contributed by atoms with Crippen LogP contribution in [0.4, 0.5) is 5.69 Å². The second-order valence-electron chi connectivity index (χ2n) is 6.21. The van der Waals surface area contributed by atoms with Crippen LogP contribution in [0.5, 0.6) is 11.5 Å². The number of benzene rings is 2. The van der Waals surface area contributed by atoms with Crippen molar-refractivity contribution in [2.45, 2.75) is 19.3 Å². The fraction of sp³-hybridized carbons (Fsp3) is 0.238. The Kier molecular flexibility index (Phi) is 5.45. The molecular formula is C21H21NO5. The molecule has 140 valence electrons. The molecule has 27 heavy (non-hydrogen) atoms. The highest BCUT2D eigenvalue weighted by Crippen LogP contribution is 2.34. The molecule has 0 unspecified atom stereocenters. The molecule has 1 aliphatic carbocycles. The Hall–Kier alpha value is -3.28. The van der Waals surface area contributed by atoms with Gasteiger partial charge in [0, 0.05) is 28.5 Å². The Bertz CT molecular complexity index is 899. The zero-order valence-electron chi connectivity index (χ0n) is 15.2. The highest BCUT2D eigenvalue weighted by Gasteiger charge is 2.25. The summed E-state index contributed by atoms with van der Waals surface area (Å²) in [6.07, 6.45) is 1.63. The molecule has 0 atom stereocenters. The standard InChI is InChI=1S/C21H21NO5/c1-26-15-10-11-16(19(12-15)27-2)13-6-8-14(9-7-13)22-20(23)17-4-3-5-18(17)21(24)25/h6-12H,3-5H2,1-2H3,(H,22,23)(H,24,25). The normalized spacial score (nSPS) is 13.4. The molecule has 0 aliphatic heterocycles. The molecule has 0 spiro atoms. The summed E-state index contributed by atoms with van der Waals surface area (Å²) in [6.45, 7) is 0. The van der Waals surface area contributed by atoms with Gasteiger partial charge >= 0.3 is 5.97 Å². The summed E-state index contributed by atoms with van der Waals surface area (Å²) in [6, 6.07) is 12.9. The fourth-order valence-corrected chi connectivity index (χ4v) is 3.21. The number of hydrogen-bond donors (Lipinski definition) is 2. The van der Waals surface area contributed by atoms with E-state index in [9.17, 15) is 14.7 Å². The molecule has 0 saturated carbocycles. The molecule has 0 fully saturated rings. The van der Waals surface area contributed by atoms with Crippen molar-refractivity contribution >= 4 is 17.6 Å². The number of carbonyl (C=O) groups excluding carboxylic acids is 1. The quantitative estimate of drug-likeness (QED) is 0.809. The van der Waals surface area contributed by atoms with Crippen molar-refractivity contribution in [1.82, 2.24) is 0 Å². The van der Waals surface area contributed by atoms with Gasteiger partial charge in [-0.15, -0.1) is 0 Å². The largest absolute Gasteiger partial charge is 0.497 e. The molecule has 6 nitrogen and oxygen atoms in total. The van der Waals surface area contributed by atoms with Gasteiger partial charge in [0.15, 0.2) is 0 Å². The molecule has 0 radical (unpaired) electrons. The molecule has 0 bridgehead atoms. The number of aliphatic carboxylic acids is 1. The van der Waals surface area contributed by atoms with Crippen molar-refractivity contribution < 1.29 is 24.2 Å². The van der Waals surface area contributed by atoms with Gasteiger partial charge in [0.05, 0.1) is 14.2 Å². The van der Waals surface area contributed by atoms with E-state index in [2.05, 4.69) is 5.32 Å². The first kappa shape index (κ1) is 18.5. The van der Waals surface area contributed by atoms with Crippen LogP contribution >= 0.6 is 0 Å². The third-order valence-electron chi connectivity index (χ3n) is 4.61. The van der Waals surface area contributed by atoms with E-state index in [1.165, 1.54) is 0 Å². The van der Waals surface area contributed by atoms with Gasteiger partial charge in [-0.25, -0.2) is 4.79 Å². The smallest absolute Gasteiger partial charge is 0.332 e. The number of carboxylic acids is 1. The maximum Gasteiger partial charge on any atom is 0.332 e. The topological polar surface area (TPSA) is 84.9 Å². The molecular weight excluding hydrogens is 346 g/mol. The van der Waals surface area contributed by atoms with Crippen LogP contribution in [0.3, 0.4) is 0 Å². The number of ether oxygens (including phenoxy) is 2. The minimum absolute atomic E-state index is 0.215. The minimum Gasteiger partial charge on any atom is -0.497 e. The van der Waals surface area contributed by atoms with Gasteiger partial charge in [0.1, 0.15) is 11.5 Å². The Morgan fingerprint density at radius 2 is 1.67 bits per heavy atom.